The summed E-state index contributed by atoms with van der Waals surface area (Å²) in [5, 5.41) is 5.75. The number of nitrogens with one attached hydrogen (secondary N) is 2. The fourth-order valence-electron chi connectivity index (χ4n) is 2.98. The maximum atomic E-state index is 14.0. The van der Waals surface area contributed by atoms with Crippen LogP contribution in [0.25, 0.3) is 5.57 Å². The average molecular weight is 354 g/mol. The van der Waals surface area contributed by atoms with E-state index in [1.807, 2.05) is 31.3 Å². The van der Waals surface area contributed by atoms with Gasteiger partial charge in [0.15, 0.2) is 0 Å². The quantitative estimate of drug-likeness (QED) is 0.696. The number of carbonyl (C=O) groups is 1. The molecule has 0 radical (unpaired) electrons. The molecule has 1 heterocycles. The van der Waals surface area contributed by atoms with Crippen LogP contribution in [0.2, 0.25) is 0 Å². The highest BCUT2D eigenvalue weighted by atomic mass is 19.1. The number of halogens is 1. The van der Waals surface area contributed by atoms with Crippen LogP contribution in [0, 0.1) is 5.82 Å². The zero-order chi connectivity index (χ0) is 18.7. The Balaban J connectivity index is 1.75. The molecule has 136 valence electrons. The minimum atomic E-state index is -0.417. The molecule has 4 N–H and O–H groups in total. The number of hydrogen-bond donors (Lipinski definition) is 3. The molecular weight excluding hydrogens is 331 g/mol. The lowest BCUT2D eigenvalue weighted by atomic mass is 10.1. The van der Waals surface area contributed by atoms with Gasteiger partial charge in [0.1, 0.15) is 5.82 Å². The lowest BCUT2D eigenvalue weighted by Crippen LogP contribution is -2.30. The molecule has 0 aliphatic carbocycles. The first-order valence-electron chi connectivity index (χ1n) is 8.61. The van der Waals surface area contributed by atoms with Crippen LogP contribution < -0.4 is 21.3 Å². The summed E-state index contributed by atoms with van der Waals surface area (Å²) in [5.41, 5.74) is 8.61. The van der Waals surface area contributed by atoms with Crippen molar-refractivity contribution in [1.29, 1.82) is 0 Å². The summed E-state index contributed by atoms with van der Waals surface area (Å²) in [6, 6.07) is 12.8. The predicted octanol–water partition coefficient (Wildman–Crippen LogP) is 3.40. The van der Waals surface area contributed by atoms with Crippen molar-refractivity contribution >= 4 is 28.5 Å². The summed E-state index contributed by atoms with van der Waals surface area (Å²) < 4.78 is 14.0. The van der Waals surface area contributed by atoms with E-state index in [9.17, 15) is 9.18 Å². The van der Waals surface area contributed by atoms with Gasteiger partial charge in [0.05, 0.1) is 11.3 Å². The van der Waals surface area contributed by atoms with Crippen molar-refractivity contribution in [2.45, 2.75) is 19.4 Å². The molecule has 6 heteroatoms. The number of benzene rings is 2. The summed E-state index contributed by atoms with van der Waals surface area (Å²) in [7, 11) is 2.04. The van der Waals surface area contributed by atoms with Crippen molar-refractivity contribution < 1.29 is 9.18 Å². The van der Waals surface area contributed by atoms with Gasteiger partial charge in [0.25, 0.3) is 5.91 Å². The smallest absolute Gasteiger partial charge is 0.257 e. The number of hydrogen-bond acceptors (Lipinski definition) is 4. The number of anilines is 3. The standard InChI is InChI=1S/C20H23FN4O/c1-13(10-11-22)25(2)15-8-6-14(7-9-15)23-12-16-19-17(21)4-3-5-18(19)24-20(16)26/h3-9,12-13,23H,10-11,22H2,1-2H3,(H,24,26). The Morgan fingerprint density at radius 2 is 2.00 bits per heavy atom. The third-order valence-electron chi connectivity index (χ3n) is 4.68. The average Bonchev–Trinajstić information content (AvgIpc) is 2.96. The number of nitrogens with zero attached hydrogens (tertiary/aromatic N) is 1. The van der Waals surface area contributed by atoms with Crippen LogP contribution in [0.15, 0.2) is 48.7 Å². The van der Waals surface area contributed by atoms with E-state index >= 15 is 0 Å². The van der Waals surface area contributed by atoms with Crippen LogP contribution in [-0.2, 0) is 4.79 Å². The lowest BCUT2D eigenvalue weighted by molar-refractivity contribution is -0.110. The summed E-state index contributed by atoms with van der Waals surface area (Å²) in [6.07, 6.45) is 2.46. The number of nitrogens with two attached hydrogens (primary N) is 1. The van der Waals surface area contributed by atoms with Crippen molar-refractivity contribution in [2.24, 2.45) is 5.73 Å². The van der Waals surface area contributed by atoms with Gasteiger partial charge in [0.2, 0.25) is 0 Å². The molecule has 0 fully saturated rings. The third kappa shape index (κ3) is 3.55. The van der Waals surface area contributed by atoms with Crippen LogP contribution in [0.3, 0.4) is 0 Å². The predicted molar refractivity (Wildman–Crippen MR) is 105 cm³/mol. The number of rotatable bonds is 6. The SMILES string of the molecule is CC(CCN)N(C)c1ccc(NC=C2C(=O)Nc3cccc(F)c32)cc1. The van der Waals surface area contributed by atoms with Gasteiger partial charge in [-0.15, -0.1) is 0 Å². The van der Waals surface area contributed by atoms with E-state index in [1.54, 1.807) is 18.3 Å². The number of amides is 1. The maximum absolute atomic E-state index is 14.0. The van der Waals surface area contributed by atoms with Gasteiger partial charge >= 0.3 is 0 Å². The van der Waals surface area contributed by atoms with Crippen molar-refractivity contribution in [3.05, 3.63) is 60.0 Å². The van der Waals surface area contributed by atoms with E-state index in [1.165, 1.54) is 6.07 Å². The van der Waals surface area contributed by atoms with E-state index in [0.29, 0.717) is 23.8 Å². The van der Waals surface area contributed by atoms with Crippen molar-refractivity contribution in [3.63, 3.8) is 0 Å². The normalized spacial score (nSPS) is 15.5. The molecule has 0 saturated carbocycles. The molecule has 1 aliphatic heterocycles. The molecule has 1 unspecified atom stereocenters. The largest absolute Gasteiger partial charge is 0.372 e. The number of fused-ring (bicyclic) bond motifs is 1. The molecule has 5 nitrogen and oxygen atoms in total. The van der Waals surface area contributed by atoms with Gasteiger partial charge in [-0.2, -0.15) is 0 Å². The molecule has 2 aromatic carbocycles. The van der Waals surface area contributed by atoms with Gasteiger partial charge in [-0.25, -0.2) is 4.39 Å². The maximum Gasteiger partial charge on any atom is 0.257 e. The van der Waals surface area contributed by atoms with Gasteiger partial charge in [-0.3, -0.25) is 4.79 Å². The Bertz CT molecular complexity index is 832. The first-order valence-corrected chi connectivity index (χ1v) is 8.61. The second-order valence-corrected chi connectivity index (χ2v) is 6.40. The van der Waals surface area contributed by atoms with Gasteiger partial charge in [-0.05, 0) is 56.3 Å². The minimum Gasteiger partial charge on any atom is -0.372 e. The van der Waals surface area contributed by atoms with E-state index in [4.69, 9.17) is 5.73 Å². The molecule has 0 aromatic heterocycles. The lowest BCUT2D eigenvalue weighted by Gasteiger charge is -2.26. The number of carbonyl (C=O) groups excluding carboxylic acids is 1. The van der Waals surface area contributed by atoms with E-state index < -0.39 is 5.82 Å². The van der Waals surface area contributed by atoms with Crippen LogP contribution in [0.5, 0.6) is 0 Å². The van der Waals surface area contributed by atoms with E-state index in [2.05, 4.69) is 22.5 Å². The molecule has 3 rings (SSSR count). The highest BCUT2D eigenvalue weighted by molar-refractivity contribution is 6.31. The zero-order valence-corrected chi connectivity index (χ0v) is 14.9. The first kappa shape index (κ1) is 17.9. The second-order valence-electron chi connectivity index (χ2n) is 6.40. The van der Waals surface area contributed by atoms with E-state index in [0.717, 1.165) is 17.8 Å². The summed E-state index contributed by atoms with van der Waals surface area (Å²) >= 11 is 0. The molecule has 0 saturated heterocycles. The molecule has 2 aromatic rings. The Labute approximate surface area is 152 Å². The van der Waals surface area contributed by atoms with Crippen LogP contribution >= 0.6 is 0 Å². The third-order valence-corrected chi connectivity index (χ3v) is 4.68. The summed E-state index contributed by atoms with van der Waals surface area (Å²) in [6.45, 7) is 2.78. The van der Waals surface area contributed by atoms with Crippen LogP contribution in [-0.4, -0.2) is 25.5 Å². The molecule has 1 amide bonds. The van der Waals surface area contributed by atoms with Crippen LogP contribution in [0.1, 0.15) is 18.9 Å². The monoisotopic (exact) mass is 354 g/mol. The molecule has 26 heavy (non-hydrogen) atoms. The van der Waals surface area contributed by atoms with Crippen molar-refractivity contribution in [1.82, 2.24) is 0 Å². The fraction of sp³-hybridized carbons (Fsp3) is 0.250. The van der Waals surface area contributed by atoms with Crippen molar-refractivity contribution in [2.75, 3.05) is 29.1 Å². The second kappa shape index (κ2) is 7.58. The fourth-order valence-corrected chi connectivity index (χ4v) is 2.98. The Morgan fingerprint density at radius 1 is 1.27 bits per heavy atom. The van der Waals surface area contributed by atoms with Gasteiger partial charge < -0.3 is 21.3 Å². The molecule has 1 aliphatic rings. The molecule has 0 spiro atoms. The van der Waals surface area contributed by atoms with Gasteiger partial charge in [-0.1, -0.05) is 6.07 Å². The Hall–Kier alpha value is -2.86. The first-order chi connectivity index (χ1) is 12.5. The summed E-state index contributed by atoms with van der Waals surface area (Å²) in [5.74, 6) is -0.732. The van der Waals surface area contributed by atoms with Crippen LogP contribution in [0.4, 0.5) is 21.5 Å². The highest BCUT2D eigenvalue weighted by Gasteiger charge is 2.27. The molecule has 0 bridgehead atoms. The topological polar surface area (TPSA) is 70.4 Å². The highest BCUT2D eigenvalue weighted by Crippen LogP contribution is 2.33. The molecule has 1 atom stereocenters. The Kier molecular flexibility index (Phi) is 5.23. The summed E-state index contributed by atoms with van der Waals surface area (Å²) in [4.78, 5) is 14.3. The van der Waals surface area contributed by atoms with E-state index in [-0.39, 0.29) is 11.5 Å². The molecular formula is C20H23FN4O. The zero-order valence-electron chi connectivity index (χ0n) is 14.9. The van der Waals surface area contributed by atoms with Gasteiger partial charge in [0, 0.05) is 36.2 Å². The Morgan fingerprint density at radius 3 is 2.69 bits per heavy atom. The minimum absolute atomic E-state index is 0.288. The van der Waals surface area contributed by atoms with Crippen molar-refractivity contribution in [3.8, 4) is 0 Å².